The summed E-state index contributed by atoms with van der Waals surface area (Å²) >= 11 is 1.66. The average molecular weight is 267 g/mol. The third-order valence-corrected chi connectivity index (χ3v) is 3.39. The van der Waals surface area contributed by atoms with Crippen LogP contribution >= 0.6 is 11.3 Å². The van der Waals surface area contributed by atoms with Gasteiger partial charge in [0, 0.05) is 28.9 Å². The molecule has 0 aliphatic heterocycles. The van der Waals surface area contributed by atoms with Crippen LogP contribution in [0, 0.1) is 6.92 Å². The van der Waals surface area contributed by atoms with Crippen molar-refractivity contribution < 1.29 is 9.90 Å². The quantitative estimate of drug-likeness (QED) is 0.833. The molecule has 1 amide bonds. The Morgan fingerprint density at radius 1 is 1.50 bits per heavy atom. The molecule has 0 atom stereocenters. The molecule has 0 fully saturated rings. The van der Waals surface area contributed by atoms with E-state index in [2.05, 4.69) is 0 Å². The van der Waals surface area contributed by atoms with Crippen LogP contribution in [0.2, 0.25) is 0 Å². The number of likely N-dealkylation sites (N-methyl/N-ethyl adjacent to an activating group) is 1. The van der Waals surface area contributed by atoms with Gasteiger partial charge in [0.1, 0.15) is 0 Å². The lowest BCUT2D eigenvalue weighted by molar-refractivity contribution is -0.128. The van der Waals surface area contributed by atoms with Gasteiger partial charge in [0.05, 0.1) is 5.60 Å². The van der Waals surface area contributed by atoms with Gasteiger partial charge in [-0.1, -0.05) is 0 Å². The van der Waals surface area contributed by atoms with Gasteiger partial charge in [0.2, 0.25) is 5.91 Å². The number of carbonyl (C=O) groups is 1. The molecule has 1 N–H and O–H groups in total. The fourth-order valence-corrected chi connectivity index (χ4v) is 2.39. The lowest BCUT2D eigenvalue weighted by Crippen LogP contribution is -2.41. The average Bonchev–Trinajstić information content (AvgIpc) is 2.67. The fourth-order valence-electron chi connectivity index (χ4n) is 1.61. The Kier molecular flexibility index (Phi) is 5.11. The Morgan fingerprint density at radius 3 is 2.61 bits per heavy atom. The molecule has 18 heavy (non-hydrogen) atoms. The van der Waals surface area contributed by atoms with Crippen LogP contribution in [0.15, 0.2) is 18.2 Å². The van der Waals surface area contributed by atoms with Crippen LogP contribution in [0.4, 0.5) is 0 Å². The first-order valence-electron chi connectivity index (χ1n) is 6.07. The third-order valence-electron chi connectivity index (χ3n) is 2.42. The largest absolute Gasteiger partial charge is 0.389 e. The number of hydrogen-bond acceptors (Lipinski definition) is 3. The van der Waals surface area contributed by atoms with Gasteiger partial charge in [-0.2, -0.15) is 0 Å². The Balaban J connectivity index is 2.65. The Bertz CT molecular complexity index is 429. The lowest BCUT2D eigenvalue weighted by atomic mass is 10.1. The minimum absolute atomic E-state index is 0.0642. The molecule has 0 aliphatic rings. The van der Waals surface area contributed by atoms with Gasteiger partial charge < -0.3 is 10.0 Å². The standard InChI is InChI=1S/C14H21NO2S/c1-5-15(10-14(3,4)17)13(16)9-8-12-7-6-11(2)18-12/h6-9,17H,5,10H2,1-4H3. The van der Waals surface area contributed by atoms with Crippen LogP contribution in [0.25, 0.3) is 6.08 Å². The van der Waals surface area contributed by atoms with E-state index in [0.717, 1.165) is 4.88 Å². The van der Waals surface area contributed by atoms with E-state index in [1.807, 2.05) is 32.1 Å². The van der Waals surface area contributed by atoms with Crippen molar-refractivity contribution in [3.8, 4) is 0 Å². The summed E-state index contributed by atoms with van der Waals surface area (Å²) in [6.07, 6.45) is 3.40. The van der Waals surface area contributed by atoms with E-state index in [-0.39, 0.29) is 5.91 Å². The minimum atomic E-state index is -0.862. The Morgan fingerprint density at radius 2 is 2.17 bits per heavy atom. The molecule has 0 aliphatic carbocycles. The summed E-state index contributed by atoms with van der Waals surface area (Å²) in [4.78, 5) is 15.9. The van der Waals surface area contributed by atoms with E-state index in [0.29, 0.717) is 13.1 Å². The lowest BCUT2D eigenvalue weighted by Gasteiger charge is -2.27. The van der Waals surface area contributed by atoms with E-state index in [1.165, 1.54) is 4.88 Å². The highest BCUT2D eigenvalue weighted by Gasteiger charge is 2.19. The molecule has 4 heteroatoms. The maximum Gasteiger partial charge on any atom is 0.246 e. The maximum atomic E-state index is 12.0. The Labute approximate surface area is 113 Å². The van der Waals surface area contributed by atoms with Crippen molar-refractivity contribution in [1.29, 1.82) is 0 Å². The van der Waals surface area contributed by atoms with Gasteiger partial charge in [-0.25, -0.2) is 0 Å². The number of aryl methyl sites for hydroxylation is 1. The third kappa shape index (κ3) is 5.02. The van der Waals surface area contributed by atoms with Crippen LogP contribution in [-0.2, 0) is 4.79 Å². The van der Waals surface area contributed by atoms with E-state index < -0.39 is 5.60 Å². The fraction of sp³-hybridized carbons (Fsp3) is 0.500. The molecular formula is C14H21NO2S. The monoisotopic (exact) mass is 267 g/mol. The maximum absolute atomic E-state index is 12.0. The van der Waals surface area contributed by atoms with Crippen molar-refractivity contribution in [2.45, 2.75) is 33.3 Å². The smallest absolute Gasteiger partial charge is 0.246 e. The molecule has 0 saturated carbocycles. The summed E-state index contributed by atoms with van der Waals surface area (Å²) in [5.41, 5.74) is -0.862. The van der Waals surface area contributed by atoms with Crippen molar-refractivity contribution in [3.05, 3.63) is 28.0 Å². The molecule has 3 nitrogen and oxygen atoms in total. The Hall–Kier alpha value is -1.13. The molecule has 0 radical (unpaired) electrons. The summed E-state index contributed by atoms with van der Waals surface area (Å²) < 4.78 is 0. The van der Waals surface area contributed by atoms with Crippen molar-refractivity contribution in [2.24, 2.45) is 0 Å². The molecular weight excluding hydrogens is 246 g/mol. The molecule has 0 bridgehead atoms. The van der Waals surface area contributed by atoms with Crippen molar-refractivity contribution >= 4 is 23.3 Å². The zero-order valence-electron chi connectivity index (χ0n) is 11.4. The SMILES string of the molecule is CCN(CC(C)(C)O)C(=O)C=Cc1ccc(C)s1. The molecule has 1 rings (SSSR count). The van der Waals surface area contributed by atoms with Gasteiger partial charge in [-0.05, 0) is 45.9 Å². The van der Waals surface area contributed by atoms with E-state index in [1.54, 1.807) is 36.2 Å². The van der Waals surface area contributed by atoms with E-state index >= 15 is 0 Å². The van der Waals surface area contributed by atoms with Crippen LogP contribution in [0.5, 0.6) is 0 Å². The highest BCUT2D eigenvalue weighted by Crippen LogP contribution is 2.16. The van der Waals surface area contributed by atoms with Crippen molar-refractivity contribution in [2.75, 3.05) is 13.1 Å². The first-order valence-corrected chi connectivity index (χ1v) is 6.89. The molecule has 0 unspecified atom stereocenters. The van der Waals surface area contributed by atoms with Gasteiger partial charge in [0.25, 0.3) is 0 Å². The first-order chi connectivity index (χ1) is 8.31. The molecule has 0 spiro atoms. The molecule has 1 heterocycles. The van der Waals surface area contributed by atoms with Crippen LogP contribution in [0.1, 0.15) is 30.5 Å². The predicted molar refractivity (Wildman–Crippen MR) is 76.6 cm³/mol. The molecule has 1 aromatic heterocycles. The topological polar surface area (TPSA) is 40.5 Å². The molecule has 0 aromatic carbocycles. The van der Waals surface area contributed by atoms with Crippen LogP contribution < -0.4 is 0 Å². The van der Waals surface area contributed by atoms with E-state index in [9.17, 15) is 9.90 Å². The number of nitrogens with zero attached hydrogens (tertiary/aromatic N) is 1. The first kappa shape index (κ1) is 14.9. The van der Waals surface area contributed by atoms with Crippen molar-refractivity contribution in [1.82, 2.24) is 4.90 Å². The summed E-state index contributed by atoms with van der Waals surface area (Å²) in [5, 5.41) is 9.74. The molecule has 0 saturated heterocycles. The van der Waals surface area contributed by atoms with Gasteiger partial charge in [-0.3, -0.25) is 4.79 Å². The molecule has 1 aromatic rings. The van der Waals surface area contributed by atoms with Crippen LogP contribution in [0.3, 0.4) is 0 Å². The summed E-state index contributed by atoms with van der Waals surface area (Å²) in [6.45, 7) is 8.29. The zero-order chi connectivity index (χ0) is 13.8. The summed E-state index contributed by atoms with van der Waals surface area (Å²) in [5.74, 6) is -0.0642. The van der Waals surface area contributed by atoms with Gasteiger partial charge in [0.15, 0.2) is 0 Å². The summed E-state index contributed by atoms with van der Waals surface area (Å²) in [7, 11) is 0. The highest BCUT2D eigenvalue weighted by molar-refractivity contribution is 7.12. The van der Waals surface area contributed by atoms with E-state index in [4.69, 9.17) is 0 Å². The second kappa shape index (κ2) is 6.16. The number of carbonyl (C=O) groups excluding carboxylic acids is 1. The normalized spacial score (nSPS) is 12.1. The van der Waals surface area contributed by atoms with Crippen molar-refractivity contribution in [3.63, 3.8) is 0 Å². The number of rotatable bonds is 5. The number of amides is 1. The zero-order valence-corrected chi connectivity index (χ0v) is 12.3. The predicted octanol–water partition coefficient (Wildman–Crippen LogP) is 2.69. The summed E-state index contributed by atoms with van der Waals surface area (Å²) in [6, 6.07) is 4.03. The second-order valence-electron chi connectivity index (χ2n) is 4.95. The number of thiophene rings is 1. The molecule has 100 valence electrons. The minimum Gasteiger partial charge on any atom is -0.389 e. The number of hydrogen-bond donors (Lipinski definition) is 1. The highest BCUT2D eigenvalue weighted by atomic mass is 32.1. The van der Waals surface area contributed by atoms with Gasteiger partial charge >= 0.3 is 0 Å². The number of aliphatic hydroxyl groups is 1. The second-order valence-corrected chi connectivity index (χ2v) is 6.27. The van der Waals surface area contributed by atoms with Crippen LogP contribution in [-0.4, -0.2) is 34.6 Å². The van der Waals surface area contributed by atoms with Gasteiger partial charge in [-0.15, -0.1) is 11.3 Å².